The van der Waals surface area contributed by atoms with Crippen LogP contribution in [0.15, 0.2) is 29.2 Å². The van der Waals surface area contributed by atoms with Gasteiger partial charge in [-0.3, -0.25) is 4.79 Å². The molecule has 4 nitrogen and oxygen atoms in total. The quantitative estimate of drug-likeness (QED) is 0.742. The monoisotopic (exact) mass is 268 g/mol. The van der Waals surface area contributed by atoms with Crippen LogP contribution in [0.4, 0.5) is 5.69 Å². The summed E-state index contributed by atoms with van der Waals surface area (Å²) in [5, 5.41) is 5.99. The molecule has 0 radical (unpaired) electrons. The number of thioether (sulfide) groups is 1. The first-order valence-corrected chi connectivity index (χ1v) is 7.05. The molecule has 0 heterocycles. The van der Waals surface area contributed by atoms with Crippen LogP contribution in [0, 0.1) is 0 Å². The lowest BCUT2D eigenvalue weighted by Crippen LogP contribution is -2.39. The summed E-state index contributed by atoms with van der Waals surface area (Å²) in [6.07, 6.45) is 2.02. The number of carbonyl (C=O) groups is 1. The van der Waals surface area contributed by atoms with E-state index in [0.717, 1.165) is 10.6 Å². The Balaban J connectivity index is 2.42. The molecule has 2 N–H and O–H groups in total. The molecule has 0 aromatic heterocycles. The smallest absolute Gasteiger partial charge is 0.239 e. The SMILES string of the molecule is COCC(C)NC(=O)CNc1ccccc1SC. The maximum Gasteiger partial charge on any atom is 0.239 e. The van der Waals surface area contributed by atoms with Gasteiger partial charge in [0.2, 0.25) is 5.91 Å². The molecular weight excluding hydrogens is 248 g/mol. The van der Waals surface area contributed by atoms with Crippen molar-refractivity contribution < 1.29 is 9.53 Å². The number of methoxy groups -OCH3 is 1. The fourth-order valence-corrected chi connectivity index (χ4v) is 2.16. The van der Waals surface area contributed by atoms with Crippen LogP contribution in [0.5, 0.6) is 0 Å². The minimum Gasteiger partial charge on any atom is -0.383 e. The van der Waals surface area contributed by atoms with Gasteiger partial charge in [-0.2, -0.15) is 0 Å². The van der Waals surface area contributed by atoms with Crippen molar-refractivity contribution in [1.82, 2.24) is 5.32 Å². The van der Waals surface area contributed by atoms with Crippen LogP contribution in [-0.4, -0.2) is 38.5 Å². The van der Waals surface area contributed by atoms with Crippen LogP contribution < -0.4 is 10.6 Å². The van der Waals surface area contributed by atoms with Gasteiger partial charge in [0.1, 0.15) is 0 Å². The third kappa shape index (κ3) is 4.98. The first kappa shape index (κ1) is 14.9. The van der Waals surface area contributed by atoms with Gasteiger partial charge in [-0.25, -0.2) is 0 Å². The van der Waals surface area contributed by atoms with E-state index in [1.165, 1.54) is 0 Å². The minimum atomic E-state index is -0.0320. The zero-order valence-electron chi connectivity index (χ0n) is 11.0. The number of anilines is 1. The topological polar surface area (TPSA) is 50.4 Å². The summed E-state index contributed by atoms with van der Waals surface area (Å²) in [4.78, 5) is 12.8. The fourth-order valence-electron chi connectivity index (χ4n) is 1.58. The van der Waals surface area contributed by atoms with E-state index in [2.05, 4.69) is 10.6 Å². The van der Waals surface area contributed by atoms with Crippen LogP contribution in [0.2, 0.25) is 0 Å². The number of amides is 1. The number of hydrogen-bond donors (Lipinski definition) is 2. The van der Waals surface area contributed by atoms with Gasteiger partial charge in [-0.15, -0.1) is 11.8 Å². The van der Waals surface area contributed by atoms with E-state index >= 15 is 0 Å². The van der Waals surface area contributed by atoms with Crippen molar-refractivity contribution in [2.75, 3.05) is 31.8 Å². The average molecular weight is 268 g/mol. The molecule has 0 aliphatic carbocycles. The number of rotatable bonds is 7. The third-order valence-corrected chi connectivity index (χ3v) is 3.17. The molecule has 0 saturated heterocycles. The van der Waals surface area contributed by atoms with Crippen molar-refractivity contribution in [2.45, 2.75) is 17.9 Å². The molecule has 1 amide bonds. The van der Waals surface area contributed by atoms with Crippen LogP contribution in [0.1, 0.15) is 6.92 Å². The second-order valence-electron chi connectivity index (χ2n) is 3.98. The van der Waals surface area contributed by atoms with Gasteiger partial charge in [-0.1, -0.05) is 12.1 Å². The lowest BCUT2D eigenvalue weighted by molar-refractivity contribution is -0.120. The zero-order chi connectivity index (χ0) is 13.4. The van der Waals surface area contributed by atoms with Crippen molar-refractivity contribution in [3.05, 3.63) is 24.3 Å². The maximum atomic E-state index is 11.7. The Bertz CT molecular complexity index is 385. The second kappa shape index (κ2) is 8.00. The van der Waals surface area contributed by atoms with Crippen LogP contribution in [-0.2, 0) is 9.53 Å². The minimum absolute atomic E-state index is 0.0279. The van der Waals surface area contributed by atoms with Crippen LogP contribution in [0.25, 0.3) is 0 Å². The number of para-hydroxylation sites is 1. The molecule has 1 atom stereocenters. The van der Waals surface area contributed by atoms with Crippen molar-refractivity contribution in [2.24, 2.45) is 0 Å². The number of carbonyl (C=O) groups excluding carboxylic acids is 1. The predicted molar refractivity (Wildman–Crippen MR) is 76.2 cm³/mol. The van der Waals surface area contributed by atoms with E-state index < -0.39 is 0 Å². The van der Waals surface area contributed by atoms with Crippen LogP contribution >= 0.6 is 11.8 Å². The molecule has 0 spiro atoms. The molecule has 1 aromatic carbocycles. The van der Waals surface area contributed by atoms with E-state index in [4.69, 9.17) is 4.74 Å². The van der Waals surface area contributed by atoms with Crippen LogP contribution in [0.3, 0.4) is 0 Å². The molecule has 0 aliphatic rings. The molecule has 0 bridgehead atoms. The van der Waals surface area contributed by atoms with Gasteiger partial charge in [0.05, 0.1) is 13.2 Å². The average Bonchev–Trinajstić information content (AvgIpc) is 2.37. The molecule has 5 heteroatoms. The normalized spacial score (nSPS) is 11.9. The summed E-state index contributed by atoms with van der Waals surface area (Å²) >= 11 is 1.65. The van der Waals surface area contributed by atoms with E-state index in [0.29, 0.717) is 6.61 Å². The molecule has 0 aliphatic heterocycles. The summed E-state index contributed by atoms with van der Waals surface area (Å²) in [5.41, 5.74) is 0.986. The maximum absolute atomic E-state index is 11.7. The molecular formula is C13H20N2O2S. The molecule has 18 heavy (non-hydrogen) atoms. The summed E-state index contributed by atoms with van der Waals surface area (Å²) in [6.45, 7) is 2.70. The Morgan fingerprint density at radius 1 is 1.44 bits per heavy atom. The number of hydrogen-bond acceptors (Lipinski definition) is 4. The van der Waals surface area contributed by atoms with E-state index in [1.807, 2.05) is 37.4 Å². The predicted octanol–water partition coefficient (Wildman–Crippen LogP) is 1.97. The first-order valence-electron chi connectivity index (χ1n) is 5.82. The second-order valence-corrected chi connectivity index (χ2v) is 4.83. The summed E-state index contributed by atoms with van der Waals surface area (Å²) in [7, 11) is 1.62. The van der Waals surface area contributed by atoms with Gasteiger partial charge in [0.15, 0.2) is 0 Å². The highest BCUT2D eigenvalue weighted by Crippen LogP contribution is 2.24. The third-order valence-electron chi connectivity index (χ3n) is 2.37. The van der Waals surface area contributed by atoms with E-state index in [1.54, 1.807) is 18.9 Å². The van der Waals surface area contributed by atoms with Gasteiger partial charge >= 0.3 is 0 Å². The highest BCUT2D eigenvalue weighted by atomic mass is 32.2. The lowest BCUT2D eigenvalue weighted by atomic mass is 10.3. The standard InChI is InChI=1S/C13H20N2O2S/c1-10(9-17-2)15-13(16)8-14-11-6-4-5-7-12(11)18-3/h4-7,10,14H,8-9H2,1-3H3,(H,15,16). The van der Waals surface area contributed by atoms with Crippen molar-refractivity contribution in [1.29, 1.82) is 0 Å². The largest absolute Gasteiger partial charge is 0.383 e. The Morgan fingerprint density at radius 3 is 2.83 bits per heavy atom. The highest BCUT2D eigenvalue weighted by molar-refractivity contribution is 7.98. The fraction of sp³-hybridized carbons (Fsp3) is 0.462. The number of ether oxygens (including phenoxy) is 1. The molecule has 0 saturated carbocycles. The van der Waals surface area contributed by atoms with Gasteiger partial charge in [0.25, 0.3) is 0 Å². The first-order chi connectivity index (χ1) is 8.67. The zero-order valence-corrected chi connectivity index (χ0v) is 11.8. The Kier molecular flexibility index (Phi) is 6.60. The Labute approximate surface area is 112 Å². The summed E-state index contributed by atoms with van der Waals surface area (Å²) in [6, 6.07) is 7.96. The Morgan fingerprint density at radius 2 is 2.17 bits per heavy atom. The van der Waals surface area contributed by atoms with E-state index in [-0.39, 0.29) is 18.5 Å². The lowest BCUT2D eigenvalue weighted by Gasteiger charge is -2.14. The van der Waals surface area contributed by atoms with Crippen molar-refractivity contribution >= 4 is 23.4 Å². The molecule has 1 rings (SSSR count). The summed E-state index contributed by atoms with van der Waals surface area (Å²) < 4.78 is 4.97. The molecule has 0 fully saturated rings. The molecule has 1 aromatic rings. The molecule has 1 unspecified atom stereocenters. The summed E-state index contributed by atoms with van der Waals surface area (Å²) in [5.74, 6) is -0.0320. The number of nitrogens with one attached hydrogen (secondary N) is 2. The van der Waals surface area contributed by atoms with Crippen molar-refractivity contribution in [3.63, 3.8) is 0 Å². The Hall–Kier alpha value is -1.20. The molecule has 100 valence electrons. The highest BCUT2D eigenvalue weighted by Gasteiger charge is 2.07. The number of benzene rings is 1. The van der Waals surface area contributed by atoms with Crippen molar-refractivity contribution in [3.8, 4) is 0 Å². The van der Waals surface area contributed by atoms with Gasteiger partial charge in [0, 0.05) is 23.7 Å². The van der Waals surface area contributed by atoms with Gasteiger partial charge < -0.3 is 15.4 Å². The van der Waals surface area contributed by atoms with E-state index in [9.17, 15) is 4.79 Å². The van der Waals surface area contributed by atoms with Gasteiger partial charge in [-0.05, 0) is 25.3 Å².